The van der Waals surface area contributed by atoms with Crippen LogP contribution in [0.2, 0.25) is 0 Å². The Bertz CT molecular complexity index is 571. The van der Waals surface area contributed by atoms with Crippen LogP contribution in [-0.4, -0.2) is 29.8 Å². The van der Waals surface area contributed by atoms with Gasteiger partial charge < -0.3 is 10.2 Å². The summed E-state index contributed by atoms with van der Waals surface area (Å²) in [5.41, 5.74) is 0.420. The Morgan fingerprint density at radius 2 is 2.00 bits per heavy atom. The van der Waals surface area contributed by atoms with E-state index in [1.165, 1.54) is 11.0 Å². The van der Waals surface area contributed by atoms with Crippen molar-refractivity contribution in [2.75, 3.05) is 7.05 Å². The summed E-state index contributed by atoms with van der Waals surface area (Å²) in [7, 11) is 1.65. The summed E-state index contributed by atoms with van der Waals surface area (Å²) in [5, 5.41) is 2.98. The van der Waals surface area contributed by atoms with Gasteiger partial charge in [0.15, 0.2) is 0 Å². The van der Waals surface area contributed by atoms with Gasteiger partial charge in [-0.1, -0.05) is 18.2 Å². The third-order valence-electron chi connectivity index (χ3n) is 4.35. The first-order valence-corrected chi connectivity index (χ1v) is 7.38. The van der Waals surface area contributed by atoms with Crippen LogP contribution < -0.4 is 5.32 Å². The van der Waals surface area contributed by atoms with Crippen LogP contribution in [-0.2, 0) is 9.59 Å². The molecule has 1 saturated heterocycles. The maximum atomic E-state index is 14.1. The van der Waals surface area contributed by atoms with Crippen molar-refractivity contribution >= 4 is 11.8 Å². The second kappa shape index (κ2) is 5.47. The molecule has 4 nitrogen and oxygen atoms in total. The minimum Gasteiger partial charge on any atom is -0.353 e. The van der Waals surface area contributed by atoms with Crippen molar-refractivity contribution in [2.24, 2.45) is 5.92 Å². The second-order valence-corrected chi connectivity index (χ2v) is 5.90. The summed E-state index contributed by atoms with van der Waals surface area (Å²) in [6.07, 6.45) is 2.83. The molecule has 0 spiro atoms. The first-order valence-electron chi connectivity index (χ1n) is 7.38. The smallest absolute Gasteiger partial charge is 0.225 e. The lowest BCUT2D eigenvalue weighted by Gasteiger charge is -2.38. The minimum absolute atomic E-state index is 0.0428. The molecular formula is C16H19FN2O2. The lowest BCUT2D eigenvalue weighted by molar-refractivity contribution is -0.141. The molecule has 112 valence electrons. The van der Waals surface area contributed by atoms with Gasteiger partial charge in [-0.15, -0.1) is 0 Å². The highest BCUT2D eigenvalue weighted by atomic mass is 19.1. The summed E-state index contributed by atoms with van der Waals surface area (Å²) in [6, 6.07) is 6.13. The van der Waals surface area contributed by atoms with Gasteiger partial charge in [-0.25, -0.2) is 4.39 Å². The number of carbonyl (C=O) groups excluding carboxylic acids is 2. The molecular weight excluding hydrogens is 271 g/mol. The monoisotopic (exact) mass is 290 g/mol. The predicted molar refractivity (Wildman–Crippen MR) is 75.8 cm³/mol. The summed E-state index contributed by atoms with van der Waals surface area (Å²) >= 11 is 0. The maximum Gasteiger partial charge on any atom is 0.225 e. The molecule has 1 aromatic carbocycles. The van der Waals surface area contributed by atoms with E-state index in [0.717, 1.165) is 12.8 Å². The molecule has 1 aliphatic carbocycles. The van der Waals surface area contributed by atoms with E-state index in [4.69, 9.17) is 0 Å². The van der Waals surface area contributed by atoms with Crippen LogP contribution in [0.15, 0.2) is 24.3 Å². The number of nitrogens with one attached hydrogen (secondary N) is 1. The third-order valence-corrected chi connectivity index (χ3v) is 4.35. The Labute approximate surface area is 123 Å². The number of benzene rings is 1. The number of halogens is 1. The summed E-state index contributed by atoms with van der Waals surface area (Å²) < 4.78 is 14.1. The Morgan fingerprint density at radius 1 is 1.29 bits per heavy atom. The average molecular weight is 290 g/mol. The number of piperidine rings is 1. The zero-order valence-corrected chi connectivity index (χ0v) is 12.0. The van der Waals surface area contributed by atoms with Crippen LogP contribution >= 0.6 is 0 Å². The van der Waals surface area contributed by atoms with Gasteiger partial charge in [0.25, 0.3) is 0 Å². The summed E-state index contributed by atoms with van der Waals surface area (Å²) in [6.45, 7) is 0. The molecule has 21 heavy (non-hydrogen) atoms. The van der Waals surface area contributed by atoms with Gasteiger partial charge in [0.2, 0.25) is 11.8 Å². The molecule has 0 bridgehead atoms. The average Bonchev–Trinajstić information content (AvgIpc) is 3.26. The van der Waals surface area contributed by atoms with Gasteiger partial charge in [0.05, 0.1) is 12.0 Å². The van der Waals surface area contributed by atoms with Crippen LogP contribution in [0.5, 0.6) is 0 Å². The highest BCUT2D eigenvalue weighted by Crippen LogP contribution is 2.37. The van der Waals surface area contributed by atoms with Crippen LogP contribution in [0.1, 0.15) is 37.3 Å². The molecule has 2 aliphatic rings. The lowest BCUT2D eigenvalue weighted by atomic mass is 9.83. The molecule has 1 heterocycles. The Hall–Kier alpha value is -1.91. The first kappa shape index (κ1) is 14.0. The van der Waals surface area contributed by atoms with Crippen molar-refractivity contribution in [3.05, 3.63) is 35.6 Å². The number of amides is 2. The van der Waals surface area contributed by atoms with Crippen molar-refractivity contribution in [1.82, 2.24) is 10.2 Å². The SMILES string of the molecule is CN1C(=O)CC[C@@H](C(=O)NC2CC2)[C@@H]1c1ccccc1F. The van der Waals surface area contributed by atoms with Crippen LogP contribution in [0.3, 0.4) is 0 Å². The highest BCUT2D eigenvalue weighted by molar-refractivity contribution is 5.85. The number of carbonyl (C=O) groups is 2. The van der Waals surface area contributed by atoms with E-state index >= 15 is 0 Å². The van der Waals surface area contributed by atoms with Crippen molar-refractivity contribution in [3.8, 4) is 0 Å². The highest BCUT2D eigenvalue weighted by Gasteiger charge is 2.41. The minimum atomic E-state index is -0.522. The molecule has 0 radical (unpaired) electrons. The topological polar surface area (TPSA) is 49.4 Å². The molecule has 1 aromatic rings. The molecule has 3 rings (SSSR count). The van der Waals surface area contributed by atoms with Gasteiger partial charge in [-0.05, 0) is 25.3 Å². The summed E-state index contributed by atoms with van der Waals surface area (Å²) in [4.78, 5) is 25.9. The Morgan fingerprint density at radius 3 is 2.67 bits per heavy atom. The van der Waals surface area contributed by atoms with Crippen LogP contribution in [0.25, 0.3) is 0 Å². The third kappa shape index (κ3) is 2.77. The second-order valence-electron chi connectivity index (χ2n) is 5.90. The zero-order valence-electron chi connectivity index (χ0n) is 12.0. The molecule has 1 N–H and O–H groups in total. The largest absolute Gasteiger partial charge is 0.353 e. The zero-order chi connectivity index (χ0) is 15.0. The number of rotatable bonds is 3. The van der Waals surface area contributed by atoms with Crippen LogP contribution in [0, 0.1) is 11.7 Å². The van der Waals surface area contributed by atoms with E-state index in [2.05, 4.69) is 5.32 Å². The molecule has 0 unspecified atom stereocenters. The normalized spacial score (nSPS) is 25.8. The maximum absolute atomic E-state index is 14.1. The van der Waals surface area contributed by atoms with Gasteiger partial charge in [-0.3, -0.25) is 9.59 Å². The van der Waals surface area contributed by atoms with Gasteiger partial charge in [-0.2, -0.15) is 0 Å². The van der Waals surface area contributed by atoms with Gasteiger partial charge in [0.1, 0.15) is 5.82 Å². The molecule has 2 atom stereocenters. The van der Waals surface area contributed by atoms with Crippen molar-refractivity contribution in [2.45, 2.75) is 37.8 Å². The molecule has 2 fully saturated rings. The van der Waals surface area contributed by atoms with Crippen molar-refractivity contribution in [1.29, 1.82) is 0 Å². The van der Waals surface area contributed by atoms with E-state index in [1.54, 1.807) is 25.2 Å². The standard InChI is InChI=1S/C16H19FN2O2/c1-19-14(20)9-8-12(16(21)18-10-6-7-10)15(19)11-4-2-3-5-13(11)17/h2-5,10,12,15H,6-9H2,1H3,(H,18,21)/t12-,15+/m1/s1. The van der Waals surface area contributed by atoms with Gasteiger partial charge in [0, 0.05) is 25.1 Å². The fraction of sp³-hybridized carbons (Fsp3) is 0.500. The number of nitrogens with zero attached hydrogens (tertiary/aromatic N) is 1. The van der Waals surface area contributed by atoms with E-state index in [1.807, 2.05) is 0 Å². The Balaban J connectivity index is 1.91. The fourth-order valence-electron chi connectivity index (χ4n) is 2.99. The molecule has 2 amide bonds. The Kier molecular flexibility index (Phi) is 3.66. The van der Waals surface area contributed by atoms with Gasteiger partial charge >= 0.3 is 0 Å². The predicted octanol–water partition coefficient (Wildman–Crippen LogP) is 2.01. The molecule has 1 aliphatic heterocycles. The van der Waals surface area contributed by atoms with Crippen molar-refractivity contribution < 1.29 is 14.0 Å². The molecule has 0 aromatic heterocycles. The van der Waals surface area contributed by atoms with E-state index < -0.39 is 6.04 Å². The number of hydrogen-bond acceptors (Lipinski definition) is 2. The van der Waals surface area contributed by atoms with Crippen LogP contribution in [0.4, 0.5) is 4.39 Å². The van der Waals surface area contributed by atoms with Crippen molar-refractivity contribution in [3.63, 3.8) is 0 Å². The quantitative estimate of drug-likeness (QED) is 0.926. The first-order chi connectivity index (χ1) is 10.1. The van der Waals surface area contributed by atoms with E-state index in [9.17, 15) is 14.0 Å². The number of hydrogen-bond donors (Lipinski definition) is 1. The fourth-order valence-corrected chi connectivity index (χ4v) is 2.99. The lowest BCUT2D eigenvalue weighted by Crippen LogP contribution is -2.47. The summed E-state index contributed by atoms with van der Waals surface area (Å²) in [5.74, 6) is -0.859. The molecule has 5 heteroatoms. The van der Waals surface area contributed by atoms with E-state index in [0.29, 0.717) is 18.4 Å². The molecule has 1 saturated carbocycles. The number of likely N-dealkylation sites (tertiary alicyclic amines) is 1. The van der Waals surface area contributed by atoms with E-state index in [-0.39, 0.29) is 29.6 Å².